The number of benzene rings is 1. The van der Waals surface area contributed by atoms with Crippen LogP contribution in [0.4, 0.5) is 0 Å². The van der Waals surface area contributed by atoms with Crippen LogP contribution in [0.25, 0.3) is 10.9 Å². The van der Waals surface area contributed by atoms with Gasteiger partial charge in [0.2, 0.25) is 0 Å². The van der Waals surface area contributed by atoms with E-state index in [-0.39, 0.29) is 0 Å². The van der Waals surface area contributed by atoms with E-state index in [2.05, 4.69) is 34.2 Å². The van der Waals surface area contributed by atoms with Crippen LogP contribution in [0, 0.1) is 11.8 Å². The van der Waals surface area contributed by atoms with Crippen molar-refractivity contribution in [1.82, 2.24) is 10.2 Å². The van der Waals surface area contributed by atoms with Crippen LogP contribution in [-0.4, -0.2) is 10.2 Å². The van der Waals surface area contributed by atoms with E-state index in [1.807, 2.05) is 19.1 Å². The minimum absolute atomic E-state index is 0.781. The van der Waals surface area contributed by atoms with Crippen molar-refractivity contribution in [2.24, 2.45) is 0 Å². The summed E-state index contributed by atoms with van der Waals surface area (Å²) in [6.45, 7) is 1.85. The van der Waals surface area contributed by atoms with Gasteiger partial charge in [0.25, 0.3) is 0 Å². The van der Waals surface area contributed by atoms with Gasteiger partial charge in [-0.05, 0) is 24.6 Å². The molecule has 68 valence electrons. The van der Waals surface area contributed by atoms with Gasteiger partial charge in [0.15, 0.2) is 0 Å². The Balaban J connectivity index is 2.44. The Morgan fingerprint density at radius 2 is 2.21 bits per heavy atom. The lowest BCUT2D eigenvalue weighted by Gasteiger charge is -1.97. The van der Waals surface area contributed by atoms with Crippen molar-refractivity contribution < 1.29 is 0 Å². The van der Waals surface area contributed by atoms with Crippen LogP contribution in [0.15, 0.2) is 30.5 Å². The van der Waals surface area contributed by atoms with Crippen LogP contribution < -0.4 is 0 Å². The lowest BCUT2D eigenvalue weighted by Crippen LogP contribution is -1.86. The first-order chi connectivity index (χ1) is 6.90. The summed E-state index contributed by atoms with van der Waals surface area (Å²) in [6, 6.07) is 8.12. The fourth-order valence-electron chi connectivity index (χ4n) is 1.33. The molecule has 0 saturated heterocycles. The van der Waals surface area contributed by atoms with Gasteiger partial charge in [-0.25, -0.2) is 0 Å². The van der Waals surface area contributed by atoms with E-state index in [0.29, 0.717) is 0 Å². The van der Waals surface area contributed by atoms with Gasteiger partial charge in [0, 0.05) is 11.8 Å². The van der Waals surface area contributed by atoms with Crippen molar-refractivity contribution >= 4 is 10.9 Å². The van der Waals surface area contributed by atoms with E-state index < -0.39 is 0 Å². The van der Waals surface area contributed by atoms with Crippen molar-refractivity contribution in [2.45, 2.75) is 13.3 Å². The highest BCUT2D eigenvalue weighted by molar-refractivity contribution is 5.78. The van der Waals surface area contributed by atoms with Crippen molar-refractivity contribution in [1.29, 1.82) is 0 Å². The first kappa shape index (κ1) is 8.71. The Morgan fingerprint density at radius 1 is 1.29 bits per heavy atom. The van der Waals surface area contributed by atoms with E-state index in [1.54, 1.807) is 6.20 Å². The lowest BCUT2D eigenvalue weighted by atomic mass is 10.1. The minimum Gasteiger partial charge on any atom is -0.159 e. The third-order valence-electron chi connectivity index (χ3n) is 2.05. The standard InChI is InChI=1S/C12H10N2/c1-2-3-4-10-5-6-11-7-8-13-14-12(11)9-10/h5-9H,4H2,1H3. The molecular formula is C12H10N2. The molecule has 0 atom stereocenters. The van der Waals surface area contributed by atoms with Crippen molar-refractivity contribution in [3.8, 4) is 11.8 Å². The molecule has 2 heteroatoms. The molecule has 0 unspecified atom stereocenters. The van der Waals surface area contributed by atoms with Gasteiger partial charge in [-0.2, -0.15) is 10.2 Å². The Labute approximate surface area is 83.0 Å². The summed E-state index contributed by atoms with van der Waals surface area (Å²) in [5.74, 6) is 5.91. The highest BCUT2D eigenvalue weighted by atomic mass is 15.1. The molecule has 1 aromatic heterocycles. The average molecular weight is 182 g/mol. The van der Waals surface area contributed by atoms with E-state index in [1.165, 1.54) is 5.56 Å². The number of hydrogen-bond donors (Lipinski definition) is 0. The summed E-state index contributed by atoms with van der Waals surface area (Å²) in [7, 11) is 0. The molecule has 2 rings (SSSR count). The van der Waals surface area contributed by atoms with E-state index in [0.717, 1.165) is 17.3 Å². The smallest absolute Gasteiger partial charge is 0.0932 e. The number of nitrogens with zero attached hydrogens (tertiary/aromatic N) is 2. The maximum Gasteiger partial charge on any atom is 0.0932 e. The normalized spacial score (nSPS) is 9.50. The third-order valence-corrected chi connectivity index (χ3v) is 2.05. The summed E-state index contributed by atoms with van der Waals surface area (Å²) in [4.78, 5) is 0. The van der Waals surface area contributed by atoms with Gasteiger partial charge >= 0.3 is 0 Å². The first-order valence-electron chi connectivity index (χ1n) is 4.50. The summed E-state index contributed by atoms with van der Waals surface area (Å²) < 4.78 is 0. The Kier molecular flexibility index (Phi) is 2.42. The summed E-state index contributed by atoms with van der Waals surface area (Å²) in [5.41, 5.74) is 2.12. The molecule has 0 saturated carbocycles. The predicted octanol–water partition coefficient (Wildman–Crippen LogP) is 2.20. The molecule has 1 heterocycles. The van der Waals surface area contributed by atoms with Crippen molar-refractivity contribution in [2.75, 3.05) is 0 Å². The molecule has 0 radical (unpaired) electrons. The van der Waals surface area contributed by atoms with Gasteiger partial charge in [0.05, 0.1) is 11.7 Å². The second-order valence-corrected chi connectivity index (χ2v) is 3.03. The number of aromatic nitrogens is 2. The zero-order chi connectivity index (χ0) is 9.80. The van der Waals surface area contributed by atoms with Crippen LogP contribution >= 0.6 is 0 Å². The zero-order valence-electron chi connectivity index (χ0n) is 7.99. The molecule has 0 aliphatic carbocycles. The van der Waals surface area contributed by atoms with E-state index in [4.69, 9.17) is 0 Å². The second-order valence-electron chi connectivity index (χ2n) is 3.03. The second kappa shape index (κ2) is 3.89. The number of rotatable bonds is 1. The average Bonchev–Trinajstić information content (AvgIpc) is 2.26. The molecule has 0 bridgehead atoms. The molecule has 2 aromatic rings. The van der Waals surface area contributed by atoms with Crippen LogP contribution in [0.3, 0.4) is 0 Å². The zero-order valence-corrected chi connectivity index (χ0v) is 7.99. The van der Waals surface area contributed by atoms with Gasteiger partial charge in [-0.1, -0.05) is 18.1 Å². The van der Waals surface area contributed by atoms with Gasteiger partial charge in [-0.15, -0.1) is 5.92 Å². The Hall–Kier alpha value is -1.88. The SMILES string of the molecule is CC#CCc1ccc2ccnnc2c1. The molecule has 0 amide bonds. The van der Waals surface area contributed by atoms with Gasteiger partial charge in [0.1, 0.15) is 0 Å². The van der Waals surface area contributed by atoms with Crippen molar-refractivity contribution in [3.05, 3.63) is 36.0 Å². The lowest BCUT2D eigenvalue weighted by molar-refractivity contribution is 1.07. The highest BCUT2D eigenvalue weighted by Gasteiger charge is 1.95. The molecular weight excluding hydrogens is 172 g/mol. The topological polar surface area (TPSA) is 25.8 Å². The largest absolute Gasteiger partial charge is 0.159 e. The molecule has 14 heavy (non-hydrogen) atoms. The predicted molar refractivity (Wildman–Crippen MR) is 56.7 cm³/mol. The van der Waals surface area contributed by atoms with Crippen LogP contribution in [-0.2, 0) is 6.42 Å². The van der Waals surface area contributed by atoms with E-state index >= 15 is 0 Å². The summed E-state index contributed by atoms with van der Waals surface area (Å²) in [5, 5.41) is 9.02. The fourth-order valence-corrected chi connectivity index (χ4v) is 1.33. The molecule has 0 aliphatic heterocycles. The first-order valence-corrected chi connectivity index (χ1v) is 4.50. The maximum absolute atomic E-state index is 4.05. The summed E-state index contributed by atoms with van der Waals surface area (Å²) in [6.07, 6.45) is 2.48. The maximum atomic E-state index is 4.05. The molecule has 1 aromatic carbocycles. The molecule has 0 spiro atoms. The van der Waals surface area contributed by atoms with Crippen LogP contribution in [0.5, 0.6) is 0 Å². The molecule has 0 fully saturated rings. The monoisotopic (exact) mass is 182 g/mol. The highest BCUT2D eigenvalue weighted by Crippen LogP contribution is 2.12. The van der Waals surface area contributed by atoms with Gasteiger partial charge in [-0.3, -0.25) is 0 Å². The Bertz CT molecular complexity index is 506. The number of hydrogen-bond acceptors (Lipinski definition) is 2. The molecule has 2 nitrogen and oxygen atoms in total. The van der Waals surface area contributed by atoms with Crippen LogP contribution in [0.2, 0.25) is 0 Å². The molecule has 0 N–H and O–H groups in total. The Morgan fingerprint density at radius 3 is 3.07 bits per heavy atom. The summed E-state index contributed by atoms with van der Waals surface area (Å²) >= 11 is 0. The quantitative estimate of drug-likeness (QED) is 0.632. The van der Waals surface area contributed by atoms with Gasteiger partial charge < -0.3 is 0 Å². The van der Waals surface area contributed by atoms with Crippen molar-refractivity contribution in [3.63, 3.8) is 0 Å². The fraction of sp³-hybridized carbons (Fsp3) is 0.167. The number of fused-ring (bicyclic) bond motifs is 1. The van der Waals surface area contributed by atoms with E-state index in [9.17, 15) is 0 Å². The van der Waals surface area contributed by atoms with Crippen LogP contribution in [0.1, 0.15) is 12.5 Å². The molecule has 0 aliphatic rings. The third kappa shape index (κ3) is 1.72. The minimum atomic E-state index is 0.781.